The van der Waals surface area contributed by atoms with Crippen molar-refractivity contribution in [3.63, 3.8) is 0 Å². The van der Waals surface area contributed by atoms with Crippen molar-refractivity contribution in [2.75, 3.05) is 7.11 Å². The van der Waals surface area contributed by atoms with E-state index in [1.165, 1.54) is 7.11 Å². The number of nitrogens with zero attached hydrogens (tertiary/aromatic N) is 3. The minimum atomic E-state index is -0.801. The smallest absolute Gasteiger partial charge is 0.328 e. The lowest BCUT2D eigenvalue weighted by Gasteiger charge is -2.22. The first kappa shape index (κ1) is 19.4. The van der Waals surface area contributed by atoms with Crippen LogP contribution in [-0.2, 0) is 20.9 Å². The third-order valence-electron chi connectivity index (χ3n) is 4.03. The highest BCUT2D eigenvalue weighted by Crippen LogP contribution is 2.09. The monoisotopic (exact) mass is 334 g/mol. The van der Waals surface area contributed by atoms with Crippen LogP contribution in [-0.4, -0.2) is 34.8 Å². The number of carbonyl (C=O) groups is 2. The molecule has 0 saturated heterocycles. The third kappa shape index (κ3) is 4.19. The predicted octanol–water partition coefficient (Wildman–Crippen LogP) is 0.436. The molecule has 1 aromatic heterocycles. The zero-order valence-corrected chi connectivity index (χ0v) is 14.5. The van der Waals surface area contributed by atoms with Gasteiger partial charge in [0.15, 0.2) is 0 Å². The number of nitrogens with one attached hydrogen (secondary N) is 1. The Morgan fingerprint density at radius 3 is 2.54 bits per heavy atom. The first-order valence-electron chi connectivity index (χ1n) is 7.62. The van der Waals surface area contributed by atoms with Gasteiger partial charge >= 0.3 is 5.97 Å². The molecule has 0 aliphatic heterocycles. The number of rotatable bonds is 6. The number of hydrogen-bond acceptors (Lipinski definition) is 6. The van der Waals surface area contributed by atoms with Crippen LogP contribution in [0.2, 0.25) is 0 Å². The van der Waals surface area contributed by atoms with Crippen molar-refractivity contribution in [1.29, 1.82) is 5.26 Å². The van der Waals surface area contributed by atoms with Gasteiger partial charge in [-0.25, -0.2) is 9.48 Å². The van der Waals surface area contributed by atoms with Crippen LogP contribution in [0.5, 0.6) is 0 Å². The van der Waals surface area contributed by atoms with Crippen molar-refractivity contribution in [2.24, 2.45) is 5.92 Å². The standard InChI is InChI=1S/C16H22N4O4/c1-6-9(2)14(16(23)24-5)18-13(21)8-20-15(22)12(7-17)10(3)11(4)19-20/h9,14H,6,8H2,1-5H3,(H,18,21)/t9-,14+/m0/s1. The molecule has 0 fully saturated rings. The minimum absolute atomic E-state index is 0.0401. The Hall–Kier alpha value is -2.69. The zero-order valence-electron chi connectivity index (χ0n) is 14.5. The summed E-state index contributed by atoms with van der Waals surface area (Å²) in [7, 11) is 1.25. The summed E-state index contributed by atoms with van der Waals surface area (Å²) >= 11 is 0. The van der Waals surface area contributed by atoms with E-state index < -0.39 is 23.5 Å². The van der Waals surface area contributed by atoms with Gasteiger partial charge in [-0.1, -0.05) is 20.3 Å². The van der Waals surface area contributed by atoms with Crippen molar-refractivity contribution >= 4 is 11.9 Å². The van der Waals surface area contributed by atoms with E-state index >= 15 is 0 Å². The van der Waals surface area contributed by atoms with Crippen LogP contribution in [0, 0.1) is 31.1 Å². The second-order valence-electron chi connectivity index (χ2n) is 5.61. The van der Waals surface area contributed by atoms with Crippen LogP contribution in [0.3, 0.4) is 0 Å². The van der Waals surface area contributed by atoms with Gasteiger partial charge < -0.3 is 10.1 Å². The van der Waals surface area contributed by atoms with Crippen LogP contribution in [0.4, 0.5) is 0 Å². The molecule has 1 N–H and O–H groups in total. The summed E-state index contributed by atoms with van der Waals surface area (Å²) in [6, 6.07) is 1.03. The number of hydrogen-bond donors (Lipinski definition) is 1. The lowest BCUT2D eigenvalue weighted by molar-refractivity contribution is -0.146. The van der Waals surface area contributed by atoms with E-state index in [-0.39, 0.29) is 18.0 Å². The van der Waals surface area contributed by atoms with E-state index in [0.717, 1.165) is 4.68 Å². The Morgan fingerprint density at radius 2 is 2.04 bits per heavy atom. The van der Waals surface area contributed by atoms with Crippen LogP contribution < -0.4 is 10.9 Å². The van der Waals surface area contributed by atoms with Crippen LogP contribution in [0.1, 0.15) is 37.1 Å². The topological polar surface area (TPSA) is 114 Å². The summed E-state index contributed by atoms with van der Waals surface area (Å²) in [5.41, 5.74) is 0.312. The molecule has 0 spiro atoms. The first-order chi connectivity index (χ1) is 11.3. The van der Waals surface area contributed by atoms with Gasteiger partial charge in [-0.15, -0.1) is 0 Å². The molecule has 0 radical (unpaired) electrons. The molecule has 0 bridgehead atoms. The summed E-state index contributed by atoms with van der Waals surface area (Å²) in [6.45, 7) is 6.61. The van der Waals surface area contributed by atoms with Gasteiger partial charge in [0.25, 0.3) is 5.56 Å². The molecule has 1 heterocycles. The Bertz CT molecular complexity index is 733. The van der Waals surface area contributed by atoms with Gasteiger partial charge in [0.2, 0.25) is 5.91 Å². The van der Waals surface area contributed by atoms with Gasteiger partial charge in [0.05, 0.1) is 12.8 Å². The average Bonchev–Trinajstić information content (AvgIpc) is 2.56. The normalized spacial score (nSPS) is 12.8. The average molecular weight is 334 g/mol. The van der Waals surface area contributed by atoms with Crippen molar-refractivity contribution in [2.45, 2.75) is 46.7 Å². The summed E-state index contributed by atoms with van der Waals surface area (Å²) in [4.78, 5) is 36.2. The fraction of sp³-hybridized carbons (Fsp3) is 0.562. The molecule has 1 amide bonds. The van der Waals surface area contributed by atoms with E-state index in [9.17, 15) is 14.4 Å². The molecule has 0 saturated carbocycles. The first-order valence-corrected chi connectivity index (χ1v) is 7.62. The number of amides is 1. The molecule has 0 unspecified atom stereocenters. The van der Waals surface area contributed by atoms with E-state index in [1.807, 2.05) is 19.9 Å². The van der Waals surface area contributed by atoms with Crippen molar-refractivity contribution < 1.29 is 14.3 Å². The number of aromatic nitrogens is 2. The minimum Gasteiger partial charge on any atom is -0.467 e. The fourth-order valence-electron chi connectivity index (χ4n) is 2.16. The molecule has 0 aromatic carbocycles. The summed E-state index contributed by atoms with van der Waals surface area (Å²) in [6.07, 6.45) is 0.667. The summed E-state index contributed by atoms with van der Waals surface area (Å²) < 4.78 is 5.63. The predicted molar refractivity (Wildman–Crippen MR) is 86.1 cm³/mol. The molecule has 1 aromatic rings. The maximum absolute atomic E-state index is 12.2. The highest BCUT2D eigenvalue weighted by atomic mass is 16.5. The third-order valence-corrected chi connectivity index (χ3v) is 4.03. The van der Waals surface area contributed by atoms with Crippen LogP contribution in [0.25, 0.3) is 0 Å². The molecule has 1 rings (SSSR count). The highest BCUT2D eigenvalue weighted by molar-refractivity contribution is 5.84. The van der Waals surface area contributed by atoms with E-state index in [0.29, 0.717) is 17.7 Å². The van der Waals surface area contributed by atoms with Crippen molar-refractivity contribution in [3.05, 3.63) is 27.2 Å². The van der Waals surface area contributed by atoms with Gasteiger partial charge in [-0.05, 0) is 25.3 Å². The van der Waals surface area contributed by atoms with Gasteiger partial charge in [0.1, 0.15) is 24.2 Å². The number of esters is 1. The quantitative estimate of drug-likeness (QED) is 0.755. The molecule has 8 nitrogen and oxygen atoms in total. The molecule has 8 heteroatoms. The van der Waals surface area contributed by atoms with E-state index in [4.69, 9.17) is 10.00 Å². The highest BCUT2D eigenvalue weighted by Gasteiger charge is 2.27. The number of nitriles is 1. The molecule has 0 aliphatic rings. The summed E-state index contributed by atoms with van der Waals surface area (Å²) in [5, 5.41) is 15.7. The number of aryl methyl sites for hydroxylation is 1. The molecule has 130 valence electrons. The largest absolute Gasteiger partial charge is 0.467 e. The Kier molecular flexibility index (Phi) is 6.65. The number of ether oxygens (including phenoxy) is 1. The molecular weight excluding hydrogens is 312 g/mol. The van der Waals surface area contributed by atoms with E-state index in [1.54, 1.807) is 13.8 Å². The van der Waals surface area contributed by atoms with Crippen molar-refractivity contribution in [1.82, 2.24) is 15.1 Å². The molecule has 0 aliphatic carbocycles. The maximum atomic E-state index is 12.2. The SMILES string of the molecule is CC[C@H](C)[C@@H](NC(=O)Cn1nc(C)c(C)c(C#N)c1=O)C(=O)OC. The fourth-order valence-corrected chi connectivity index (χ4v) is 2.16. The second-order valence-corrected chi connectivity index (χ2v) is 5.61. The lowest BCUT2D eigenvalue weighted by Crippen LogP contribution is -2.47. The van der Waals surface area contributed by atoms with Crippen molar-refractivity contribution in [3.8, 4) is 6.07 Å². The Balaban J connectivity index is 3.04. The van der Waals surface area contributed by atoms with Gasteiger partial charge in [-0.3, -0.25) is 9.59 Å². The molecule has 24 heavy (non-hydrogen) atoms. The molecular formula is C16H22N4O4. The lowest BCUT2D eigenvalue weighted by atomic mass is 9.99. The summed E-state index contributed by atoms with van der Waals surface area (Å²) in [5.74, 6) is -1.22. The Labute approximate surface area is 140 Å². The molecule has 2 atom stereocenters. The van der Waals surface area contributed by atoms with Gasteiger partial charge in [0, 0.05) is 0 Å². The Morgan fingerprint density at radius 1 is 1.42 bits per heavy atom. The van der Waals surface area contributed by atoms with Gasteiger partial charge in [-0.2, -0.15) is 10.4 Å². The second kappa shape index (κ2) is 8.24. The number of carbonyl (C=O) groups excluding carboxylic acids is 2. The number of methoxy groups -OCH3 is 1. The van der Waals surface area contributed by atoms with Crippen LogP contribution >= 0.6 is 0 Å². The van der Waals surface area contributed by atoms with Crippen LogP contribution in [0.15, 0.2) is 4.79 Å². The maximum Gasteiger partial charge on any atom is 0.328 e. The zero-order chi connectivity index (χ0) is 18.4. The van der Waals surface area contributed by atoms with E-state index in [2.05, 4.69) is 10.4 Å².